The van der Waals surface area contributed by atoms with Gasteiger partial charge >= 0.3 is 0 Å². The standard InChI is InChI=1S/C13H18N2OS2/c1-13(2,4-5-16)14-7-11-9-18-12(15-11)10-3-6-17-8-10/h3,6,8-9,14,16H,4-5,7H2,1-2H3. The fraction of sp³-hybridized carbons (Fsp3) is 0.462. The molecule has 18 heavy (non-hydrogen) atoms. The first kappa shape index (κ1) is 13.7. The summed E-state index contributed by atoms with van der Waals surface area (Å²) in [5.74, 6) is 0. The molecule has 3 nitrogen and oxygen atoms in total. The lowest BCUT2D eigenvalue weighted by molar-refractivity contribution is 0.229. The summed E-state index contributed by atoms with van der Waals surface area (Å²) in [6.07, 6.45) is 0.745. The predicted octanol–water partition coefficient (Wildman–Crippen LogP) is 3.12. The molecular weight excluding hydrogens is 264 g/mol. The summed E-state index contributed by atoms with van der Waals surface area (Å²) in [7, 11) is 0. The number of thiazole rings is 1. The molecule has 0 bridgehead atoms. The molecule has 5 heteroatoms. The van der Waals surface area contributed by atoms with E-state index in [0.29, 0.717) is 0 Å². The molecule has 2 heterocycles. The van der Waals surface area contributed by atoms with Gasteiger partial charge < -0.3 is 10.4 Å². The van der Waals surface area contributed by atoms with E-state index in [2.05, 4.69) is 46.4 Å². The van der Waals surface area contributed by atoms with E-state index < -0.39 is 0 Å². The average molecular weight is 282 g/mol. The fourth-order valence-electron chi connectivity index (χ4n) is 1.60. The third kappa shape index (κ3) is 3.62. The maximum atomic E-state index is 8.98. The third-order valence-electron chi connectivity index (χ3n) is 2.80. The van der Waals surface area contributed by atoms with Gasteiger partial charge in [0, 0.05) is 35.0 Å². The van der Waals surface area contributed by atoms with E-state index in [1.165, 1.54) is 5.56 Å². The van der Waals surface area contributed by atoms with Gasteiger partial charge in [0.25, 0.3) is 0 Å². The highest BCUT2D eigenvalue weighted by atomic mass is 32.1. The Labute approximate surface area is 116 Å². The van der Waals surface area contributed by atoms with Gasteiger partial charge in [0.1, 0.15) is 5.01 Å². The van der Waals surface area contributed by atoms with Crippen LogP contribution in [0.2, 0.25) is 0 Å². The minimum Gasteiger partial charge on any atom is -0.396 e. The van der Waals surface area contributed by atoms with Gasteiger partial charge in [-0.05, 0) is 31.7 Å². The zero-order valence-electron chi connectivity index (χ0n) is 10.6. The Morgan fingerprint density at radius 1 is 1.39 bits per heavy atom. The van der Waals surface area contributed by atoms with Crippen molar-refractivity contribution in [2.75, 3.05) is 6.61 Å². The van der Waals surface area contributed by atoms with Gasteiger partial charge in [-0.25, -0.2) is 4.98 Å². The molecule has 0 aromatic carbocycles. The van der Waals surface area contributed by atoms with Gasteiger partial charge in [0.05, 0.1) is 5.69 Å². The number of aliphatic hydroxyl groups excluding tert-OH is 1. The molecule has 0 aliphatic carbocycles. The lowest BCUT2D eigenvalue weighted by Crippen LogP contribution is -2.39. The Balaban J connectivity index is 1.95. The third-order valence-corrected chi connectivity index (χ3v) is 4.43. The van der Waals surface area contributed by atoms with Crippen LogP contribution < -0.4 is 5.32 Å². The molecule has 0 amide bonds. The average Bonchev–Trinajstić information content (AvgIpc) is 2.97. The summed E-state index contributed by atoms with van der Waals surface area (Å²) >= 11 is 3.37. The van der Waals surface area contributed by atoms with Crippen LogP contribution >= 0.6 is 22.7 Å². The van der Waals surface area contributed by atoms with Gasteiger partial charge in [0.15, 0.2) is 0 Å². The fourth-order valence-corrected chi connectivity index (χ4v) is 3.14. The number of nitrogens with zero attached hydrogens (tertiary/aromatic N) is 1. The van der Waals surface area contributed by atoms with Crippen molar-refractivity contribution in [3.63, 3.8) is 0 Å². The molecule has 0 saturated carbocycles. The summed E-state index contributed by atoms with van der Waals surface area (Å²) in [5, 5.41) is 19.8. The second-order valence-electron chi connectivity index (χ2n) is 4.87. The highest BCUT2D eigenvalue weighted by Gasteiger charge is 2.16. The van der Waals surface area contributed by atoms with E-state index in [4.69, 9.17) is 5.11 Å². The predicted molar refractivity (Wildman–Crippen MR) is 78.0 cm³/mol. The molecule has 98 valence electrons. The van der Waals surface area contributed by atoms with E-state index in [9.17, 15) is 0 Å². The molecule has 0 atom stereocenters. The molecule has 2 aromatic heterocycles. The zero-order chi connectivity index (χ0) is 13.0. The molecule has 0 fully saturated rings. The minimum atomic E-state index is -0.0547. The molecule has 2 N–H and O–H groups in total. The van der Waals surface area contributed by atoms with Crippen LogP contribution in [0.15, 0.2) is 22.2 Å². The molecule has 2 aromatic rings. The highest BCUT2D eigenvalue weighted by Crippen LogP contribution is 2.25. The second kappa shape index (κ2) is 5.93. The van der Waals surface area contributed by atoms with Crippen LogP contribution in [0.3, 0.4) is 0 Å². The first-order chi connectivity index (χ1) is 8.61. The molecule has 0 saturated heterocycles. The molecule has 0 spiro atoms. The van der Waals surface area contributed by atoms with Crippen LogP contribution in [-0.4, -0.2) is 22.2 Å². The number of aromatic nitrogens is 1. The maximum absolute atomic E-state index is 8.98. The largest absolute Gasteiger partial charge is 0.396 e. The minimum absolute atomic E-state index is 0.0547. The van der Waals surface area contributed by atoms with Gasteiger partial charge in [-0.15, -0.1) is 11.3 Å². The normalized spacial score (nSPS) is 11.9. The smallest absolute Gasteiger partial charge is 0.124 e. The quantitative estimate of drug-likeness (QED) is 0.855. The first-order valence-corrected chi connectivity index (χ1v) is 7.76. The van der Waals surface area contributed by atoms with Crippen LogP contribution in [0, 0.1) is 0 Å². The van der Waals surface area contributed by atoms with Crippen LogP contribution in [0.5, 0.6) is 0 Å². The van der Waals surface area contributed by atoms with Crippen molar-refractivity contribution in [1.82, 2.24) is 10.3 Å². The number of thiophene rings is 1. The zero-order valence-corrected chi connectivity index (χ0v) is 12.3. The van der Waals surface area contributed by atoms with Crippen molar-refractivity contribution in [2.24, 2.45) is 0 Å². The van der Waals surface area contributed by atoms with Crippen molar-refractivity contribution in [1.29, 1.82) is 0 Å². The van der Waals surface area contributed by atoms with Crippen LogP contribution in [0.4, 0.5) is 0 Å². The number of hydrogen-bond acceptors (Lipinski definition) is 5. The van der Waals surface area contributed by atoms with Gasteiger partial charge in [0.2, 0.25) is 0 Å². The maximum Gasteiger partial charge on any atom is 0.124 e. The van der Waals surface area contributed by atoms with Crippen molar-refractivity contribution >= 4 is 22.7 Å². The topological polar surface area (TPSA) is 45.1 Å². The summed E-state index contributed by atoms with van der Waals surface area (Å²) in [6, 6.07) is 2.09. The van der Waals surface area contributed by atoms with Gasteiger partial charge in [-0.1, -0.05) is 0 Å². The lowest BCUT2D eigenvalue weighted by atomic mass is 10.0. The summed E-state index contributed by atoms with van der Waals surface area (Å²) in [6.45, 7) is 5.13. The van der Waals surface area contributed by atoms with E-state index in [1.54, 1.807) is 22.7 Å². The van der Waals surface area contributed by atoms with Crippen LogP contribution in [0.1, 0.15) is 26.0 Å². The second-order valence-corrected chi connectivity index (χ2v) is 6.51. The summed E-state index contributed by atoms with van der Waals surface area (Å²) in [5.41, 5.74) is 2.21. The molecule has 0 aliphatic rings. The van der Waals surface area contributed by atoms with Crippen molar-refractivity contribution in [2.45, 2.75) is 32.4 Å². The van der Waals surface area contributed by atoms with E-state index in [1.807, 2.05) is 0 Å². The first-order valence-electron chi connectivity index (χ1n) is 5.93. The summed E-state index contributed by atoms with van der Waals surface area (Å²) in [4.78, 5) is 4.62. The number of aliphatic hydroxyl groups is 1. The molecule has 0 aliphatic heterocycles. The molecular formula is C13H18N2OS2. The van der Waals surface area contributed by atoms with Gasteiger partial charge in [-0.3, -0.25) is 0 Å². The van der Waals surface area contributed by atoms with Crippen LogP contribution in [-0.2, 0) is 6.54 Å². The summed E-state index contributed by atoms with van der Waals surface area (Å²) < 4.78 is 0. The number of hydrogen-bond donors (Lipinski definition) is 2. The Bertz CT molecular complexity index is 477. The Morgan fingerprint density at radius 3 is 2.89 bits per heavy atom. The van der Waals surface area contributed by atoms with Crippen molar-refractivity contribution < 1.29 is 5.11 Å². The van der Waals surface area contributed by atoms with E-state index in [-0.39, 0.29) is 12.1 Å². The van der Waals surface area contributed by atoms with E-state index >= 15 is 0 Å². The van der Waals surface area contributed by atoms with Crippen molar-refractivity contribution in [3.05, 3.63) is 27.9 Å². The number of rotatable bonds is 6. The number of nitrogens with one attached hydrogen (secondary N) is 1. The molecule has 0 unspecified atom stereocenters. The highest BCUT2D eigenvalue weighted by molar-refractivity contribution is 7.14. The Kier molecular flexibility index (Phi) is 4.50. The SMILES string of the molecule is CC(C)(CCO)NCc1csc(-c2ccsc2)n1. The molecule has 2 rings (SSSR count). The monoisotopic (exact) mass is 282 g/mol. The van der Waals surface area contributed by atoms with E-state index in [0.717, 1.165) is 23.7 Å². The van der Waals surface area contributed by atoms with Gasteiger partial charge in [-0.2, -0.15) is 11.3 Å². The van der Waals surface area contributed by atoms with Crippen molar-refractivity contribution in [3.8, 4) is 10.6 Å². The lowest BCUT2D eigenvalue weighted by Gasteiger charge is -2.24. The van der Waals surface area contributed by atoms with Crippen LogP contribution in [0.25, 0.3) is 10.6 Å². The molecule has 0 radical (unpaired) electrons. The Morgan fingerprint density at radius 2 is 2.22 bits per heavy atom. The Hall–Kier alpha value is -0.750.